The molecule has 10 heteroatoms. The average Bonchev–Trinajstić information content (AvgIpc) is 3.20. The predicted octanol–water partition coefficient (Wildman–Crippen LogP) is 3.19. The van der Waals surface area contributed by atoms with Crippen molar-refractivity contribution in [3.8, 4) is 17.1 Å². The Morgan fingerprint density at radius 1 is 1.12 bits per heavy atom. The van der Waals surface area contributed by atoms with Crippen LogP contribution >= 0.6 is 11.6 Å². The van der Waals surface area contributed by atoms with E-state index in [0.717, 1.165) is 5.56 Å². The van der Waals surface area contributed by atoms with Crippen LogP contribution < -0.4 is 10.6 Å². The molecule has 168 valence electrons. The van der Waals surface area contributed by atoms with E-state index in [1.165, 1.54) is 17.3 Å². The van der Waals surface area contributed by atoms with E-state index in [9.17, 15) is 4.79 Å². The topological polar surface area (TPSA) is 106 Å². The highest BCUT2D eigenvalue weighted by atomic mass is 35.5. The molecular weight excluding hydrogens is 440 g/mol. The molecule has 3 aromatic heterocycles. The molecule has 2 N–H and O–H groups in total. The summed E-state index contributed by atoms with van der Waals surface area (Å²) in [7, 11) is 5.55. The fraction of sp³-hybridized carbons (Fsp3) is 0.174. The molecular formula is C23H23ClN8O. The van der Waals surface area contributed by atoms with Gasteiger partial charge in [-0.3, -0.25) is 9.69 Å². The first-order valence-corrected chi connectivity index (χ1v) is 10.5. The van der Waals surface area contributed by atoms with Gasteiger partial charge >= 0.3 is 0 Å². The standard InChI is InChI=1S/C23H23ClN8O/c1-30(2)13-5-8-19(33)31(3)17-6-4-7-18(28-17)32-23-20(22(25)26-14-27-23)21(29-32)15-9-11-16(24)12-10-15/h4-12,14H,13H2,1-3H3,(H2,25,26,27)/b8-5+. The molecule has 0 unspecified atom stereocenters. The number of carbonyl (C=O) groups is 1. The molecule has 0 aliphatic carbocycles. The zero-order valence-electron chi connectivity index (χ0n) is 18.5. The number of nitrogen functional groups attached to an aromatic ring is 1. The SMILES string of the molecule is CN(C)C/C=C/C(=O)N(C)c1cccc(-n2nc(-c3ccc(Cl)cc3)c3c(N)ncnc32)n1. The Morgan fingerprint density at radius 2 is 1.88 bits per heavy atom. The number of nitrogens with zero attached hydrogens (tertiary/aromatic N) is 7. The normalized spacial score (nSPS) is 11.5. The molecule has 0 atom stereocenters. The first-order valence-electron chi connectivity index (χ1n) is 10.2. The lowest BCUT2D eigenvalue weighted by Crippen LogP contribution is -2.25. The van der Waals surface area contributed by atoms with E-state index in [-0.39, 0.29) is 5.91 Å². The Labute approximate surface area is 196 Å². The maximum absolute atomic E-state index is 12.6. The molecule has 0 saturated carbocycles. The molecule has 4 aromatic rings. The van der Waals surface area contributed by atoms with Crippen molar-refractivity contribution in [2.75, 3.05) is 38.3 Å². The van der Waals surface area contributed by atoms with Crippen molar-refractivity contribution in [2.45, 2.75) is 0 Å². The molecule has 0 fully saturated rings. The zero-order valence-corrected chi connectivity index (χ0v) is 19.2. The van der Waals surface area contributed by atoms with Crippen LogP contribution in [0.1, 0.15) is 0 Å². The van der Waals surface area contributed by atoms with Crippen molar-refractivity contribution in [3.63, 3.8) is 0 Å². The van der Waals surface area contributed by atoms with E-state index in [0.29, 0.717) is 45.7 Å². The van der Waals surface area contributed by atoms with E-state index in [2.05, 4.69) is 15.0 Å². The van der Waals surface area contributed by atoms with Crippen molar-refractivity contribution in [1.29, 1.82) is 0 Å². The van der Waals surface area contributed by atoms with Gasteiger partial charge in [-0.2, -0.15) is 9.78 Å². The summed E-state index contributed by atoms with van der Waals surface area (Å²) in [5, 5.41) is 5.97. The van der Waals surface area contributed by atoms with Crippen LogP contribution in [0.25, 0.3) is 28.1 Å². The van der Waals surface area contributed by atoms with Gasteiger partial charge in [0, 0.05) is 30.3 Å². The monoisotopic (exact) mass is 462 g/mol. The number of amides is 1. The number of anilines is 2. The van der Waals surface area contributed by atoms with E-state index < -0.39 is 0 Å². The third kappa shape index (κ3) is 4.69. The largest absolute Gasteiger partial charge is 0.383 e. The Hall–Kier alpha value is -3.82. The number of likely N-dealkylation sites (N-methyl/N-ethyl adjacent to an activating group) is 2. The van der Waals surface area contributed by atoms with Crippen molar-refractivity contribution in [3.05, 3.63) is 66.0 Å². The first-order chi connectivity index (χ1) is 15.8. The molecule has 0 bridgehead atoms. The second-order valence-electron chi connectivity index (χ2n) is 7.64. The Bertz CT molecular complexity index is 1330. The minimum absolute atomic E-state index is 0.180. The summed E-state index contributed by atoms with van der Waals surface area (Å²) < 4.78 is 1.60. The maximum atomic E-state index is 12.6. The molecule has 4 rings (SSSR count). The van der Waals surface area contributed by atoms with Gasteiger partial charge in [0.05, 0.1) is 5.39 Å². The van der Waals surface area contributed by atoms with Gasteiger partial charge in [-0.1, -0.05) is 35.9 Å². The molecule has 1 amide bonds. The summed E-state index contributed by atoms with van der Waals surface area (Å²) in [5.41, 5.74) is 8.13. The van der Waals surface area contributed by atoms with Crippen LogP contribution in [-0.4, -0.2) is 63.2 Å². The molecule has 33 heavy (non-hydrogen) atoms. The van der Waals surface area contributed by atoms with E-state index in [1.54, 1.807) is 36.0 Å². The maximum Gasteiger partial charge on any atom is 0.251 e. The molecule has 9 nitrogen and oxygen atoms in total. The smallest absolute Gasteiger partial charge is 0.251 e. The van der Waals surface area contributed by atoms with Crippen LogP contribution in [0.2, 0.25) is 5.02 Å². The second-order valence-corrected chi connectivity index (χ2v) is 8.08. The van der Waals surface area contributed by atoms with Crippen molar-refractivity contribution < 1.29 is 4.79 Å². The lowest BCUT2D eigenvalue weighted by molar-refractivity contribution is -0.113. The molecule has 0 aliphatic rings. The molecule has 0 radical (unpaired) electrons. The van der Waals surface area contributed by atoms with Gasteiger partial charge in [0.25, 0.3) is 5.91 Å². The van der Waals surface area contributed by atoms with Gasteiger partial charge in [-0.05, 0) is 38.4 Å². The summed E-state index contributed by atoms with van der Waals surface area (Å²) >= 11 is 6.05. The first kappa shape index (κ1) is 22.4. The highest BCUT2D eigenvalue weighted by Crippen LogP contribution is 2.32. The number of rotatable bonds is 6. The third-order valence-corrected chi connectivity index (χ3v) is 5.21. The van der Waals surface area contributed by atoms with Crippen LogP contribution in [0.3, 0.4) is 0 Å². The number of pyridine rings is 1. The average molecular weight is 463 g/mol. The van der Waals surface area contributed by atoms with Crippen molar-refractivity contribution in [2.24, 2.45) is 0 Å². The number of hydrogen-bond acceptors (Lipinski definition) is 7. The quantitative estimate of drug-likeness (QED) is 0.438. The van der Waals surface area contributed by atoms with Gasteiger partial charge in [0.2, 0.25) is 0 Å². The van der Waals surface area contributed by atoms with Gasteiger partial charge in [-0.15, -0.1) is 0 Å². The Morgan fingerprint density at radius 3 is 2.61 bits per heavy atom. The Balaban J connectivity index is 1.76. The van der Waals surface area contributed by atoms with Crippen LogP contribution in [0.4, 0.5) is 11.6 Å². The number of hydrogen-bond donors (Lipinski definition) is 1. The second kappa shape index (κ2) is 9.35. The fourth-order valence-corrected chi connectivity index (χ4v) is 3.38. The number of fused-ring (bicyclic) bond motifs is 1. The lowest BCUT2D eigenvalue weighted by atomic mass is 10.1. The van der Waals surface area contributed by atoms with E-state index in [1.807, 2.05) is 43.3 Å². The van der Waals surface area contributed by atoms with Gasteiger partial charge in [0.1, 0.15) is 23.7 Å². The summed E-state index contributed by atoms with van der Waals surface area (Å²) in [6, 6.07) is 12.6. The number of aromatic nitrogens is 5. The van der Waals surface area contributed by atoms with Crippen LogP contribution in [0.15, 0.2) is 60.9 Å². The molecule has 0 aliphatic heterocycles. The number of benzene rings is 1. The number of nitrogens with two attached hydrogens (primary N) is 1. The van der Waals surface area contributed by atoms with Gasteiger partial charge in [-0.25, -0.2) is 15.0 Å². The summed E-state index contributed by atoms with van der Waals surface area (Å²) in [6.07, 6.45) is 4.72. The molecule has 0 spiro atoms. The number of halogens is 1. The summed E-state index contributed by atoms with van der Waals surface area (Å²) in [5.74, 6) is 1.10. The summed E-state index contributed by atoms with van der Waals surface area (Å²) in [4.78, 5) is 29.2. The van der Waals surface area contributed by atoms with Gasteiger partial charge < -0.3 is 10.6 Å². The minimum Gasteiger partial charge on any atom is -0.383 e. The van der Waals surface area contributed by atoms with E-state index in [4.69, 9.17) is 22.4 Å². The zero-order chi connectivity index (χ0) is 23.5. The molecule has 0 saturated heterocycles. The van der Waals surface area contributed by atoms with Crippen LogP contribution in [0, 0.1) is 0 Å². The highest BCUT2D eigenvalue weighted by Gasteiger charge is 2.19. The fourth-order valence-electron chi connectivity index (χ4n) is 3.25. The highest BCUT2D eigenvalue weighted by molar-refractivity contribution is 6.30. The summed E-state index contributed by atoms with van der Waals surface area (Å²) in [6.45, 7) is 0.668. The van der Waals surface area contributed by atoms with Crippen LogP contribution in [-0.2, 0) is 4.79 Å². The Kier molecular flexibility index (Phi) is 6.34. The van der Waals surface area contributed by atoms with Crippen LogP contribution in [0.5, 0.6) is 0 Å². The molecule has 1 aromatic carbocycles. The van der Waals surface area contributed by atoms with Crippen molar-refractivity contribution >= 4 is 40.2 Å². The minimum atomic E-state index is -0.180. The van der Waals surface area contributed by atoms with Gasteiger partial charge in [0.15, 0.2) is 11.5 Å². The van der Waals surface area contributed by atoms with E-state index >= 15 is 0 Å². The number of carbonyl (C=O) groups excluding carboxylic acids is 1. The van der Waals surface area contributed by atoms with Crippen molar-refractivity contribution in [1.82, 2.24) is 29.6 Å². The predicted molar refractivity (Wildman–Crippen MR) is 130 cm³/mol. The molecule has 3 heterocycles. The lowest BCUT2D eigenvalue weighted by Gasteiger charge is -2.15. The third-order valence-electron chi connectivity index (χ3n) is 4.95.